The molecule has 16 heavy (non-hydrogen) atoms. The molecule has 84 valence electrons. The second kappa shape index (κ2) is 4.13. The highest BCUT2D eigenvalue weighted by Gasteiger charge is 2.32. The van der Waals surface area contributed by atoms with E-state index >= 15 is 0 Å². The zero-order chi connectivity index (χ0) is 11.6. The molecule has 0 spiro atoms. The summed E-state index contributed by atoms with van der Waals surface area (Å²) in [5.41, 5.74) is -0.570. The Kier molecular flexibility index (Phi) is 2.82. The molecule has 0 unspecified atom stereocenters. The summed E-state index contributed by atoms with van der Waals surface area (Å²) >= 11 is 1.51. The number of hydrogen-bond donors (Lipinski definition) is 1. The first-order valence-corrected chi connectivity index (χ1v) is 5.28. The van der Waals surface area contributed by atoms with Gasteiger partial charge in [-0.2, -0.15) is 18.3 Å². The third-order valence-electron chi connectivity index (χ3n) is 1.86. The van der Waals surface area contributed by atoms with Gasteiger partial charge in [-0.1, -0.05) is 6.07 Å². The van der Waals surface area contributed by atoms with Crippen LogP contribution in [0.4, 0.5) is 13.2 Å². The summed E-state index contributed by atoms with van der Waals surface area (Å²) in [7, 11) is 0. The van der Waals surface area contributed by atoms with Crippen LogP contribution in [-0.2, 0) is 6.18 Å². The van der Waals surface area contributed by atoms with Gasteiger partial charge in [0.2, 0.25) is 0 Å². The molecule has 2 aromatic heterocycles. The fraction of sp³-hybridized carbons (Fsp3) is 0.100. The van der Waals surface area contributed by atoms with E-state index in [1.165, 1.54) is 17.4 Å². The van der Waals surface area contributed by atoms with Gasteiger partial charge in [-0.15, -0.1) is 11.3 Å². The summed E-state index contributed by atoms with van der Waals surface area (Å²) in [5, 5.41) is 7.40. The largest absolute Gasteiger partial charge is 0.432 e. The number of alkyl halides is 3. The van der Waals surface area contributed by atoms with E-state index in [1.807, 2.05) is 22.6 Å². The van der Waals surface area contributed by atoms with Crippen molar-refractivity contribution in [2.45, 2.75) is 6.18 Å². The molecule has 2 nitrogen and oxygen atoms in total. The third-order valence-corrected chi connectivity index (χ3v) is 2.70. The Morgan fingerprint density at radius 2 is 2.12 bits per heavy atom. The molecule has 0 fully saturated rings. The Morgan fingerprint density at radius 3 is 2.69 bits per heavy atom. The van der Waals surface area contributed by atoms with Crippen LogP contribution >= 0.6 is 11.3 Å². The molecule has 0 bridgehead atoms. The average molecular weight is 244 g/mol. The van der Waals surface area contributed by atoms with Gasteiger partial charge in [0.25, 0.3) is 0 Å². The SMILES string of the molecule is FC(F)(F)c1cc(/C=C/c2cccs2)n[nH]1. The van der Waals surface area contributed by atoms with Crippen LogP contribution in [0.3, 0.4) is 0 Å². The summed E-state index contributed by atoms with van der Waals surface area (Å²) in [6, 6.07) is 4.72. The van der Waals surface area contributed by atoms with Gasteiger partial charge in [-0.05, 0) is 29.7 Å². The van der Waals surface area contributed by atoms with Crippen molar-refractivity contribution >= 4 is 23.5 Å². The first-order chi connectivity index (χ1) is 7.55. The number of nitrogens with zero attached hydrogens (tertiary/aromatic N) is 1. The maximum atomic E-state index is 12.2. The van der Waals surface area contributed by atoms with Gasteiger partial charge >= 0.3 is 6.18 Å². The fourth-order valence-corrected chi connectivity index (χ4v) is 1.74. The Labute approximate surface area is 93.4 Å². The molecule has 1 N–H and O–H groups in total. The predicted molar refractivity (Wildman–Crippen MR) is 56.8 cm³/mol. The van der Waals surface area contributed by atoms with Crippen LogP contribution in [0.2, 0.25) is 0 Å². The number of rotatable bonds is 2. The minimum atomic E-state index is -4.37. The molecule has 0 aliphatic carbocycles. The number of hydrogen-bond acceptors (Lipinski definition) is 2. The second-order valence-electron chi connectivity index (χ2n) is 3.05. The highest BCUT2D eigenvalue weighted by atomic mass is 32.1. The van der Waals surface area contributed by atoms with E-state index in [1.54, 1.807) is 6.08 Å². The zero-order valence-corrected chi connectivity index (χ0v) is 8.77. The average Bonchev–Trinajstić information content (AvgIpc) is 2.85. The predicted octanol–water partition coefficient (Wildman–Crippen LogP) is 3.66. The van der Waals surface area contributed by atoms with Crippen LogP contribution in [0, 0.1) is 0 Å². The van der Waals surface area contributed by atoms with Gasteiger partial charge in [-0.25, -0.2) is 0 Å². The lowest BCUT2D eigenvalue weighted by molar-refractivity contribution is -0.141. The molecule has 0 saturated carbocycles. The summed E-state index contributed by atoms with van der Waals surface area (Å²) in [5.74, 6) is 0. The van der Waals surface area contributed by atoms with Gasteiger partial charge in [0.15, 0.2) is 0 Å². The summed E-state index contributed by atoms with van der Waals surface area (Å²) in [6.07, 6.45) is -1.11. The van der Waals surface area contributed by atoms with Gasteiger partial charge < -0.3 is 0 Å². The molecule has 0 aromatic carbocycles. The Balaban J connectivity index is 2.15. The quantitative estimate of drug-likeness (QED) is 0.858. The minimum absolute atomic E-state index is 0.265. The summed E-state index contributed by atoms with van der Waals surface area (Å²) in [6.45, 7) is 0. The van der Waals surface area contributed by atoms with Gasteiger partial charge in [0.05, 0.1) is 5.69 Å². The van der Waals surface area contributed by atoms with Crippen molar-refractivity contribution in [1.82, 2.24) is 10.2 Å². The molecule has 2 rings (SSSR count). The number of halogens is 3. The lowest BCUT2D eigenvalue weighted by Gasteiger charge is -1.99. The molecule has 0 amide bonds. The van der Waals surface area contributed by atoms with Crippen molar-refractivity contribution in [3.8, 4) is 0 Å². The molecule has 6 heteroatoms. The maximum absolute atomic E-state index is 12.2. The number of H-pyrrole nitrogens is 1. The van der Waals surface area contributed by atoms with Crippen LogP contribution in [0.1, 0.15) is 16.3 Å². The van der Waals surface area contributed by atoms with E-state index in [-0.39, 0.29) is 5.69 Å². The Bertz CT molecular complexity index is 482. The molecular formula is C10H7F3N2S. The number of aromatic nitrogens is 2. The first-order valence-electron chi connectivity index (χ1n) is 4.40. The van der Waals surface area contributed by atoms with Crippen LogP contribution < -0.4 is 0 Å². The zero-order valence-electron chi connectivity index (χ0n) is 7.95. The molecule has 0 atom stereocenters. The standard InChI is InChI=1S/C10H7F3N2S/c11-10(12,13)9-6-7(14-15-9)3-4-8-2-1-5-16-8/h1-6H,(H,14,15)/b4-3+. The molecule has 2 aromatic rings. The summed E-state index contributed by atoms with van der Waals surface area (Å²) < 4.78 is 36.7. The van der Waals surface area contributed by atoms with Crippen molar-refractivity contribution in [2.24, 2.45) is 0 Å². The van der Waals surface area contributed by atoms with Crippen molar-refractivity contribution in [3.05, 3.63) is 39.8 Å². The fourth-order valence-electron chi connectivity index (χ4n) is 1.12. The van der Waals surface area contributed by atoms with Crippen LogP contribution in [-0.4, -0.2) is 10.2 Å². The van der Waals surface area contributed by atoms with Crippen molar-refractivity contribution in [2.75, 3.05) is 0 Å². The molecule has 0 radical (unpaired) electrons. The van der Waals surface area contributed by atoms with Gasteiger partial charge in [0.1, 0.15) is 5.69 Å². The van der Waals surface area contributed by atoms with Crippen molar-refractivity contribution in [3.63, 3.8) is 0 Å². The molecular weight excluding hydrogens is 237 g/mol. The normalized spacial score (nSPS) is 12.4. The Hall–Kier alpha value is -1.56. The monoisotopic (exact) mass is 244 g/mol. The Morgan fingerprint density at radius 1 is 1.31 bits per heavy atom. The van der Waals surface area contributed by atoms with Gasteiger partial charge in [-0.3, -0.25) is 5.10 Å². The van der Waals surface area contributed by atoms with E-state index in [2.05, 4.69) is 5.10 Å². The lowest BCUT2D eigenvalue weighted by Crippen LogP contribution is -2.04. The number of thiophene rings is 1. The summed E-state index contributed by atoms with van der Waals surface area (Å²) in [4.78, 5) is 0.969. The molecule has 2 heterocycles. The van der Waals surface area contributed by atoms with Crippen molar-refractivity contribution < 1.29 is 13.2 Å². The van der Waals surface area contributed by atoms with Crippen LogP contribution in [0.5, 0.6) is 0 Å². The highest BCUT2D eigenvalue weighted by molar-refractivity contribution is 7.10. The smallest absolute Gasteiger partial charge is 0.273 e. The van der Waals surface area contributed by atoms with Crippen LogP contribution in [0.15, 0.2) is 23.6 Å². The maximum Gasteiger partial charge on any atom is 0.432 e. The molecule has 0 aliphatic heterocycles. The van der Waals surface area contributed by atoms with Crippen molar-refractivity contribution in [1.29, 1.82) is 0 Å². The minimum Gasteiger partial charge on any atom is -0.273 e. The second-order valence-corrected chi connectivity index (χ2v) is 4.03. The first kappa shape index (κ1) is 10.9. The third kappa shape index (κ3) is 2.52. The van der Waals surface area contributed by atoms with Gasteiger partial charge in [0, 0.05) is 4.88 Å². The van der Waals surface area contributed by atoms with E-state index < -0.39 is 11.9 Å². The lowest BCUT2D eigenvalue weighted by atomic mass is 10.3. The topological polar surface area (TPSA) is 28.7 Å². The van der Waals surface area contributed by atoms with E-state index in [0.29, 0.717) is 0 Å². The molecule has 0 aliphatic rings. The van der Waals surface area contributed by atoms with E-state index in [9.17, 15) is 13.2 Å². The van der Waals surface area contributed by atoms with Crippen LogP contribution in [0.25, 0.3) is 12.2 Å². The van der Waals surface area contributed by atoms with E-state index in [0.717, 1.165) is 10.9 Å². The number of nitrogens with one attached hydrogen (secondary N) is 1. The molecule has 0 saturated heterocycles. The highest BCUT2D eigenvalue weighted by Crippen LogP contribution is 2.28. The van der Waals surface area contributed by atoms with E-state index in [4.69, 9.17) is 0 Å². The number of aromatic amines is 1.